The normalized spacial score (nSPS) is 18.9. The van der Waals surface area contributed by atoms with E-state index in [0.717, 1.165) is 56.3 Å². The maximum absolute atomic E-state index is 13.4. The molecule has 1 saturated heterocycles. The molecule has 31 heavy (non-hydrogen) atoms. The van der Waals surface area contributed by atoms with Crippen molar-refractivity contribution in [2.45, 2.75) is 57.6 Å². The predicted octanol–water partition coefficient (Wildman–Crippen LogP) is 4.25. The lowest BCUT2D eigenvalue weighted by atomic mass is 9.95. The van der Waals surface area contributed by atoms with Crippen molar-refractivity contribution in [3.05, 3.63) is 51.9 Å². The summed E-state index contributed by atoms with van der Waals surface area (Å²) >= 11 is 1.52. The highest BCUT2D eigenvalue weighted by atomic mass is 32.1. The fraction of sp³-hybridized carbons (Fsp3) is 0.500. The Morgan fingerprint density at radius 1 is 1.19 bits per heavy atom. The van der Waals surface area contributed by atoms with Crippen LogP contribution in [0.15, 0.2) is 30.3 Å². The molecule has 6 nitrogen and oxygen atoms in total. The van der Waals surface area contributed by atoms with E-state index in [4.69, 9.17) is 9.47 Å². The molecule has 7 heteroatoms. The van der Waals surface area contributed by atoms with Crippen LogP contribution in [0.1, 0.15) is 65.0 Å². The molecule has 2 aromatic rings. The van der Waals surface area contributed by atoms with Crippen molar-refractivity contribution >= 4 is 28.2 Å². The van der Waals surface area contributed by atoms with Gasteiger partial charge in [-0.1, -0.05) is 30.3 Å². The lowest BCUT2D eigenvalue weighted by molar-refractivity contribution is -0.118. The summed E-state index contributed by atoms with van der Waals surface area (Å²) in [5.41, 5.74) is 2.48. The molecular formula is C24H30N2O4S. The number of aryl methyl sites for hydroxylation is 1. The van der Waals surface area contributed by atoms with Crippen molar-refractivity contribution in [2.75, 3.05) is 25.1 Å². The van der Waals surface area contributed by atoms with Crippen LogP contribution in [-0.2, 0) is 27.1 Å². The minimum atomic E-state index is -0.528. The van der Waals surface area contributed by atoms with E-state index in [1.807, 2.05) is 30.3 Å². The Labute approximate surface area is 187 Å². The molecule has 1 fully saturated rings. The van der Waals surface area contributed by atoms with Gasteiger partial charge in [0.05, 0.1) is 18.3 Å². The zero-order valence-electron chi connectivity index (χ0n) is 17.9. The molecular weight excluding hydrogens is 412 g/mol. The molecule has 0 unspecified atom stereocenters. The molecule has 1 amide bonds. The maximum atomic E-state index is 13.4. The Balaban J connectivity index is 1.57. The third-order valence-electron chi connectivity index (χ3n) is 5.86. The van der Waals surface area contributed by atoms with Crippen LogP contribution < -0.4 is 10.6 Å². The second-order valence-electron chi connectivity index (χ2n) is 8.01. The van der Waals surface area contributed by atoms with Crippen LogP contribution in [-0.4, -0.2) is 37.7 Å². The number of carbonyl (C=O) groups excluding carboxylic acids is 2. The maximum Gasteiger partial charge on any atom is 0.341 e. The first-order valence-corrected chi connectivity index (χ1v) is 12.0. The molecule has 2 aliphatic rings. The third-order valence-corrected chi connectivity index (χ3v) is 7.06. The number of esters is 1. The quantitative estimate of drug-likeness (QED) is 0.598. The molecule has 1 aromatic carbocycles. The number of rotatable bonds is 8. The van der Waals surface area contributed by atoms with Gasteiger partial charge < -0.3 is 14.8 Å². The lowest BCUT2D eigenvalue weighted by Gasteiger charge is -2.21. The molecule has 4 rings (SSSR count). The highest BCUT2D eigenvalue weighted by Gasteiger charge is 2.30. The molecule has 166 valence electrons. The molecule has 2 atom stereocenters. The molecule has 0 radical (unpaired) electrons. The first-order chi connectivity index (χ1) is 15.2. The van der Waals surface area contributed by atoms with Crippen molar-refractivity contribution < 1.29 is 19.1 Å². The minimum Gasteiger partial charge on any atom is -0.462 e. The Hall–Kier alpha value is -2.22. The number of thiophene rings is 1. The van der Waals surface area contributed by atoms with Crippen molar-refractivity contribution in [1.29, 1.82) is 0 Å². The Kier molecular flexibility index (Phi) is 7.37. The summed E-state index contributed by atoms with van der Waals surface area (Å²) in [6.45, 7) is 3.50. The number of anilines is 1. The fourth-order valence-electron chi connectivity index (χ4n) is 4.32. The molecule has 0 spiro atoms. The summed E-state index contributed by atoms with van der Waals surface area (Å²) in [5.74, 6) is -0.519. The highest BCUT2D eigenvalue weighted by Crippen LogP contribution is 2.39. The number of nitrogens with one attached hydrogen (secondary N) is 2. The van der Waals surface area contributed by atoms with Crippen LogP contribution in [0.4, 0.5) is 5.00 Å². The van der Waals surface area contributed by atoms with Crippen LogP contribution >= 0.6 is 11.3 Å². The van der Waals surface area contributed by atoms with Crippen molar-refractivity contribution in [2.24, 2.45) is 0 Å². The Morgan fingerprint density at radius 2 is 2.00 bits per heavy atom. The van der Waals surface area contributed by atoms with Crippen LogP contribution in [0.3, 0.4) is 0 Å². The molecule has 2 heterocycles. The van der Waals surface area contributed by atoms with E-state index in [0.29, 0.717) is 23.7 Å². The smallest absolute Gasteiger partial charge is 0.341 e. The number of hydrogen-bond acceptors (Lipinski definition) is 6. The lowest BCUT2D eigenvalue weighted by Crippen LogP contribution is -2.37. The Bertz CT molecular complexity index is 906. The SMILES string of the molecule is CCOC(=O)c1c(NC(=O)[C@H](NC[C@H]2CCCO2)c2ccccc2)sc2c1CCCC2. The van der Waals surface area contributed by atoms with E-state index in [-0.39, 0.29) is 18.0 Å². The minimum absolute atomic E-state index is 0.128. The number of hydrogen-bond donors (Lipinski definition) is 2. The highest BCUT2D eigenvalue weighted by molar-refractivity contribution is 7.17. The van der Waals surface area contributed by atoms with Crippen LogP contribution in [0.5, 0.6) is 0 Å². The van der Waals surface area contributed by atoms with Gasteiger partial charge in [-0.15, -0.1) is 11.3 Å². The Morgan fingerprint density at radius 3 is 2.74 bits per heavy atom. The van der Waals surface area contributed by atoms with Gasteiger partial charge in [0.15, 0.2) is 0 Å². The van der Waals surface area contributed by atoms with Gasteiger partial charge in [-0.3, -0.25) is 10.1 Å². The van der Waals surface area contributed by atoms with Crippen molar-refractivity contribution in [3.63, 3.8) is 0 Å². The monoisotopic (exact) mass is 442 g/mol. The second-order valence-corrected chi connectivity index (χ2v) is 9.12. The second kappa shape index (κ2) is 10.4. The van der Waals surface area contributed by atoms with Crippen LogP contribution in [0, 0.1) is 0 Å². The summed E-state index contributed by atoms with van der Waals surface area (Å²) in [6, 6.07) is 9.15. The standard InChI is InChI=1S/C24H30N2O4S/c1-2-29-24(28)20-18-12-6-7-13-19(18)31-23(20)26-22(27)21(16-9-4-3-5-10-16)25-15-17-11-8-14-30-17/h3-5,9-10,17,21,25H,2,6-8,11-15H2,1H3,(H,26,27)/t17-,21-/m1/s1. The number of amides is 1. The zero-order valence-corrected chi connectivity index (χ0v) is 18.8. The van der Waals surface area contributed by atoms with E-state index in [2.05, 4.69) is 10.6 Å². The van der Waals surface area contributed by atoms with Gasteiger partial charge in [0.2, 0.25) is 5.91 Å². The third kappa shape index (κ3) is 5.17. The van der Waals surface area contributed by atoms with Gasteiger partial charge in [-0.05, 0) is 56.6 Å². The van der Waals surface area contributed by atoms with Gasteiger partial charge in [0, 0.05) is 18.0 Å². The summed E-state index contributed by atoms with van der Waals surface area (Å²) < 4.78 is 11.0. The summed E-state index contributed by atoms with van der Waals surface area (Å²) in [5, 5.41) is 7.05. The molecule has 1 aliphatic heterocycles. The van der Waals surface area contributed by atoms with Gasteiger partial charge in [0.1, 0.15) is 11.0 Å². The largest absolute Gasteiger partial charge is 0.462 e. The van der Waals surface area contributed by atoms with E-state index < -0.39 is 6.04 Å². The van der Waals surface area contributed by atoms with Gasteiger partial charge in [-0.2, -0.15) is 0 Å². The topological polar surface area (TPSA) is 76.7 Å². The fourth-order valence-corrected chi connectivity index (χ4v) is 5.60. The van der Waals surface area contributed by atoms with E-state index in [1.165, 1.54) is 16.2 Å². The molecule has 1 aromatic heterocycles. The molecule has 2 N–H and O–H groups in total. The number of fused-ring (bicyclic) bond motifs is 1. The summed E-state index contributed by atoms with van der Waals surface area (Å²) in [6.07, 6.45) is 6.15. The van der Waals surface area contributed by atoms with Gasteiger partial charge in [-0.25, -0.2) is 4.79 Å². The zero-order chi connectivity index (χ0) is 21.6. The number of carbonyl (C=O) groups is 2. The van der Waals surface area contributed by atoms with Gasteiger partial charge >= 0.3 is 5.97 Å². The van der Waals surface area contributed by atoms with E-state index >= 15 is 0 Å². The number of benzene rings is 1. The summed E-state index contributed by atoms with van der Waals surface area (Å²) in [7, 11) is 0. The number of ether oxygens (including phenoxy) is 2. The van der Waals surface area contributed by atoms with Crippen LogP contribution in [0.2, 0.25) is 0 Å². The average Bonchev–Trinajstić information content (AvgIpc) is 3.42. The molecule has 1 aliphatic carbocycles. The summed E-state index contributed by atoms with van der Waals surface area (Å²) in [4.78, 5) is 27.3. The first-order valence-electron chi connectivity index (χ1n) is 11.2. The van der Waals surface area contributed by atoms with E-state index in [1.54, 1.807) is 6.92 Å². The van der Waals surface area contributed by atoms with Crippen molar-refractivity contribution in [3.8, 4) is 0 Å². The molecule has 0 saturated carbocycles. The molecule has 0 bridgehead atoms. The predicted molar refractivity (Wildman–Crippen MR) is 122 cm³/mol. The van der Waals surface area contributed by atoms with E-state index in [9.17, 15) is 9.59 Å². The average molecular weight is 443 g/mol. The first kappa shape index (κ1) is 22.0. The van der Waals surface area contributed by atoms with Gasteiger partial charge in [0.25, 0.3) is 0 Å². The van der Waals surface area contributed by atoms with Crippen LogP contribution in [0.25, 0.3) is 0 Å². The van der Waals surface area contributed by atoms with Crippen molar-refractivity contribution in [1.82, 2.24) is 5.32 Å².